The van der Waals surface area contributed by atoms with Gasteiger partial charge in [0.15, 0.2) is 0 Å². The topological polar surface area (TPSA) is 67.4 Å². The first-order chi connectivity index (χ1) is 11.7. The van der Waals surface area contributed by atoms with Crippen molar-refractivity contribution in [2.75, 3.05) is 0 Å². The number of nitrogens with one attached hydrogen (secondary N) is 2. The maximum absolute atomic E-state index is 12.4. The van der Waals surface area contributed by atoms with Crippen molar-refractivity contribution >= 4 is 12.0 Å². The van der Waals surface area contributed by atoms with Crippen molar-refractivity contribution in [1.29, 1.82) is 0 Å². The Kier molecular flexibility index (Phi) is 6.45. The Balaban J connectivity index is 1.84. The van der Waals surface area contributed by atoms with Crippen molar-refractivity contribution in [2.45, 2.75) is 71.6 Å². The summed E-state index contributed by atoms with van der Waals surface area (Å²) < 4.78 is 5.20. The highest BCUT2D eigenvalue weighted by Gasteiger charge is 2.23. The first kappa shape index (κ1) is 19.3. The zero-order chi connectivity index (χ0) is 18.4. The molecule has 0 saturated heterocycles. The second kappa shape index (κ2) is 8.37. The van der Waals surface area contributed by atoms with E-state index in [0.717, 1.165) is 12.0 Å². The molecule has 0 unspecified atom stereocenters. The second-order valence-electron chi connectivity index (χ2n) is 7.89. The van der Waals surface area contributed by atoms with Crippen LogP contribution in [0.1, 0.15) is 69.3 Å². The fourth-order valence-corrected chi connectivity index (χ4v) is 3.04. The van der Waals surface area contributed by atoms with Gasteiger partial charge in [-0.15, -0.1) is 0 Å². The third kappa shape index (κ3) is 6.40. The molecule has 0 bridgehead atoms. The molecular weight excluding hydrogens is 316 g/mol. The summed E-state index contributed by atoms with van der Waals surface area (Å²) in [7, 11) is 0. The Hall–Kier alpha value is -2.04. The van der Waals surface area contributed by atoms with Gasteiger partial charge in [0.1, 0.15) is 5.60 Å². The number of ether oxygens (including phenoxy) is 1. The Morgan fingerprint density at radius 3 is 2.36 bits per heavy atom. The van der Waals surface area contributed by atoms with Gasteiger partial charge < -0.3 is 15.4 Å². The van der Waals surface area contributed by atoms with Gasteiger partial charge in [0.25, 0.3) is 5.91 Å². The molecule has 0 spiro atoms. The molecule has 2 amide bonds. The van der Waals surface area contributed by atoms with Crippen molar-refractivity contribution < 1.29 is 14.3 Å². The monoisotopic (exact) mass is 346 g/mol. The van der Waals surface area contributed by atoms with Crippen LogP contribution in [0.4, 0.5) is 4.79 Å². The van der Waals surface area contributed by atoms with Crippen LogP contribution in [0.3, 0.4) is 0 Å². The van der Waals surface area contributed by atoms with Gasteiger partial charge >= 0.3 is 6.09 Å². The van der Waals surface area contributed by atoms with E-state index in [2.05, 4.69) is 17.6 Å². The summed E-state index contributed by atoms with van der Waals surface area (Å²) in [6, 6.07) is 7.59. The van der Waals surface area contributed by atoms with E-state index in [-0.39, 0.29) is 11.9 Å². The van der Waals surface area contributed by atoms with Crippen LogP contribution in [0, 0.1) is 5.92 Å². The average Bonchev–Trinajstić information content (AvgIpc) is 2.54. The molecule has 1 aromatic carbocycles. The standard InChI is InChI=1S/C20H30N2O3/c1-14-7-5-6-8-17(14)22-18(23)16-11-9-15(10-12-16)13-21-19(24)25-20(2,3)4/h9-12,14,17H,5-8,13H2,1-4H3,(H,21,24)(H,22,23)/t14-,17-/m0/s1. The average molecular weight is 346 g/mol. The molecule has 5 heteroatoms. The summed E-state index contributed by atoms with van der Waals surface area (Å²) in [4.78, 5) is 24.1. The lowest BCUT2D eigenvalue weighted by atomic mass is 9.86. The Labute approximate surface area is 150 Å². The number of hydrogen-bond acceptors (Lipinski definition) is 3. The fourth-order valence-electron chi connectivity index (χ4n) is 3.04. The van der Waals surface area contributed by atoms with Crippen LogP contribution in [-0.4, -0.2) is 23.6 Å². The molecule has 2 rings (SSSR count). The normalized spacial score (nSPS) is 20.6. The number of carbonyl (C=O) groups is 2. The third-order valence-corrected chi connectivity index (χ3v) is 4.48. The lowest BCUT2D eigenvalue weighted by Crippen LogP contribution is -2.41. The van der Waals surface area contributed by atoms with E-state index >= 15 is 0 Å². The summed E-state index contributed by atoms with van der Waals surface area (Å²) in [6.45, 7) is 8.06. The van der Waals surface area contributed by atoms with Crippen LogP contribution in [0.15, 0.2) is 24.3 Å². The molecule has 1 saturated carbocycles. The zero-order valence-electron chi connectivity index (χ0n) is 15.7. The van der Waals surface area contributed by atoms with Gasteiger partial charge in [-0.05, 0) is 57.2 Å². The number of rotatable bonds is 4. The van der Waals surface area contributed by atoms with Gasteiger partial charge in [-0.2, -0.15) is 0 Å². The molecule has 1 aromatic rings. The molecule has 25 heavy (non-hydrogen) atoms. The van der Waals surface area contributed by atoms with Gasteiger partial charge in [0, 0.05) is 18.2 Å². The first-order valence-corrected chi connectivity index (χ1v) is 9.11. The number of benzene rings is 1. The van der Waals surface area contributed by atoms with Crippen molar-refractivity contribution in [3.8, 4) is 0 Å². The fraction of sp³-hybridized carbons (Fsp3) is 0.600. The molecule has 1 aliphatic rings. The van der Waals surface area contributed by atoms with Crippen LogP contribution in [-0.2, 0) is 11.3 Å². The number of carbonyl (C=O) groups excluding carboxylic acids is 2. The van der Waals surface area contributed by atoms with E-state index in [4.69, 9.17) is 4.74 Å². The number of alkyl carbamates (subject to hydrolysis) is 1. The van der Waals surface area contributed by atoms with E-state index in [1.54, 1.807) is 12.1 Å². The molecule has 1 aliphatic carbocycles. The van der Waals surface area contributed by atoms with Gasteiger partial charge in [-0.1, -0.05) is 31.9 Å². The molecule has 0 heterocycles. The molecule has 0 radical (unpaired) electrons. The van der Waals surface area contributed by atoms with Gasteiger partial charge in [-0.3, -0.25) is 4.79 Å². The molecule has 0 aromatic heterocycles. The Bertz CT molecular complexity index is 590. The van der Waals surface area contributed by atoms with Crippen LogP contribution in [0.2, 0.25) is 0 Å². The second-order valence-corrected chi connectivity index (χ2v) is 7.89. The van der Waals surface area contributed by atoms with Crippen LogP contribution >= 0.6 is 0 Å². The molecule has 0 aliphatic heterocycles. The van der Waals surface area contributed by atoms with E-state index in [0.29, 0.717) is 18.0 Å². The van der Waals surface area contributed by atoms with Crippen molar-refractivity contribution in [1.82, 2.24) is 10.6 Å². The molecule has 138 valence electrons. The molecular formula is C20H30N2O3. The summed E-state index contributed by atoms with van der Waals surface area (Å²) >= 11 is 0. The maximum Gasteiger partial charge on any atom is 0.407 e. The van der Waals surface area contributed by atoms with Gasteiger partial charge in [0.05, 0.1) is 0 Å². The van der Waals surface area contributed by atoms with Crippen molar-refractivity contribution in [3.63, 3.8) is 0 Å². The highest BCUT2D eigenvalue weighted by Crippen LogP contribution is 2.24. The minimum atomic E-state index is -0.512. The maximum atomic E-state index is 12.4. The summed E-state index contributed by atoms with van der Waals surface area (Å²) in [6.07, 6.45) is 4.24. The third-order valence-electron chi connectivity index (χ3n) is 4.48. The van der Waals surface area contributed by atoms with E-state index < -0.39 is 11.7 Å². The quantitative estimate of drug-likeness (QED) is 0.865. The zero-order valence-corrected chi connectivity index (χ0v) is 15.7. The highest BCUT2D eigenvalue weighted by molar-refractivity contribution is 5.94. The molecule has 2 N–H and O–H groups in total. The summed E-state index contributed by atoms with van der Waals surface area (Å²) in [5.41, 5.74) is 1.06. The number of hydrogen-bond donors (Lipinski definition) is 2. The minimum absolute atomic E-state index is 0.0228. The predicted molar refractivity (Wildman–Crippen MR) is 98.4 cm³/mol. The van der Waals surface area contributed by atoms with Gasteiger partial charge in [-0.25, -0.2) is 4.79 Å². The first-order valence-electron chi connectivity index (χ1n) is 9.11. The van der Waals surface area contributed by atoms with Crippen molar-refractivity contribution in [2.24, 2.45) is 5.92 Å². The summed E-state index contributed by atoms with van der Waals surface area (Å²) in [5.74, 6) is 0.514. The number of amides is 2. The van der Waals surface area contributed by atoms with Crippen LogP contribution in [0.5, 0.6) is 0 Å². The van der Waals surface area contributed by atoms with Gasteiger partial charge in [0.2, 0.25) is 0 Å². The predicted octanol–water partition coefficient (Wildman–Crippen LogP) is 4.02. The van der Waals surface area contributed by atoms with E-state index in [1.165, 1.54) is 19.3 Å². The van der Waals surface area contributed by atoms with E-state index in [1.807, 2.05) is 32.9 Å². The SMILES string of the molecule is C[C@H]1CCCC[C@@H]1NC(=O)c1ccc(CNC(=O)OC(C)(C)C)cc1. The van der Waals surface area contributed by atoms with E-state index in [9.17, 15) is 9.59 Å². The lowest BCUT2D eigenvalue weighted by molar-refractivity contribution is 0.0523. The van der Waals surface area contributed by atoms with Crippen LogP contribution < -0.4 is 10.6 Å². The lowest BCUT2D eigenvalue weighted by Gasteiger charge is -2.29. The highest BCUT2D eigenvalue weighted by atomic mass is 16.6. The smallest absolute Gasteiger partial charge is 0.407 e. The minimum Gasteiger partial charge on any atom is -0.444 e. The Morgan fingerprint density at radius 2 is 1.76 bits per heavy atom. The molecule has 2 atom stereocenters. The molecule has 1 fully saturated rings. The molecule has 5 nitrogen and oxygen atoms in total. The largest absolute Gasteiger partial charge is 0.444 e. The van der Waals surface area contributed by atoms with Crippen molar-refractivity contribution in [3.05, 3.63) is 35.4 Å². The summed E-state index contributed by atoms with van der Waals surface area (Å²) in [5, 5.41) is 5.87. The Morgan fingerprint density at radius 1 is 1.12 bits per heavy atom. The van der Waals surface area contributed by atoms with Crippen LogP contribution in [0.25, 0.3) is 0 Å².